The van der Waals surface area contributed by atoms with Crippen molar-refractivity contribution in [2.75, 3.05) is 31.6 Å². The molecule has 1 aliphatic rings. The fourth-order valence-electron chi connectivity index (χ4n) is 3.50. The van der Waals surface area contributed by atoms with Gasteiger partial charge in [-0.2, -0.15) is 0 Å². The van der Waals surface area contributed by atoms with Crippen molar-refractivity contribution in [3.05, 3.63) is 69.8 Å². The number of aliphatic hydroxyl groups excluding tert-OH is 1. The van der Waals surface area contributed by atoms with E-state index >= 15 is 0 Å². The molecule has 9 heteroatoms. The molecule has 1 atom stereocenters. The highest BCUT2D eigenvalue weighted by Gasteiger charge is 2.31. The lowest BCUT2D eigenvalue weighted by molar-refractivity contribution is -0.384. The van der Waals surface area contributed by atoms with E-state index in [0.717, 1.165) is 25.3 Å². The number of aliphatic hydroxyl groups is 1. The first-order chi connectivity index (χ1) is 15.0. The Hall–Kier alpha value is -3.46. The van der Waals surface area contributed by atoms with Gasteiger partial charge in [0.1, 0.15) is 0 Å². The number of esters is 1. The number of nitrogens with one attached hydrogen (secondary N) is 1. The molecule has 0 spiro atoms. The summed E-state index contributed by atoms with van der Waals surface area (Å²) in [6.07, 6.45) is 1.67. The number of non-ortho nitro benzene ring substituents is 1. The van der Waals surface area contributed by atoms with Gasteiger partial charge in [-0.3, -0.25) is 14.9 Å². The van der Waals surface area contributed by atoms with Crippen LogP contribution in [0, 0.1) is 10.1 Å². The number of hydrogen-bond acceptors (Lipinski definition) is 7. The van der Waals surface area contributed by atoms with Crippen molar-refractivity contribution in [3.63, 3.8) is 0 Å². The van der Waals surface area contributed by atoms with Gasteiger partial charge in [-0.1, -0.05) is 30.3 Å². The van der Waals surface area contributed by atoms with Gasteiger partial charge in [0, 0.05) is 43.0 Å². The van der Waals surface area contributed by atoms with Gasteiger partial charge in [0.25, 0.3) is 11.6 Å². The number of nitro benzene ring substituents is 1. The smallest absolute Gasteiger partial charge is 0.341 e. The van der Waals surface area contributed by atoms with E-state index in [0.29, 0.717) is 18.7 Å². The predicted octanol–water partition coefficient (Wildman–Crippen LogP) is 2.91. The first-order valence-corrected chi connectivity index (χ1v) is 10.2. The summed E-state index contributed by atoms with van der Waals surface area (Å²) < 4.78 is 5.64. The van der Waals surface area contributed by atoms with Gasteiger partial charge in [0.05, 0.1) is 17.1 Å². The summed E-state index contributed by atoms with van der Waals surface area (Å²) >= 11 is 0. The molecule has 2 aromatic rings. The van der Waals surface area contributed by atoms with Gasteiger partial charge in [-0.15, -0.1) is 0 Å². The van der Waals surface area contributed by atoms with Crippen molar-refractivity contribution in [2.24, 2.45) is 0 Å². The lowest BCUT2D eigenvalue weighted by atomic mass is 10.1. The van der Waals surface area contributed by atoms with Crippen LogP contribution in [0.2, 0.25) is 0 Å². The number of carbonyl (C=O) groups excluding carboxylic acids is 2. The van der Waals surface area contributed by atoms with E-state index in [1.54, 1.807) is 35.2 Å². The standard InChI is InChI=1S/C22H25N3O6/c26-14-11-23-19-10-9-17(25(29)30)15-18(19)22(28)31-20(16-7-3-1-4-8-16)21(27)24-12-5-2-6-13-24/h1,3-4,7-10,15,20,23,26H,2,5-6,11-14H2. The number of amides is 1. The van der Waals surface area contributed by atoms with Crippen LogP contribution in [-0.2, 0) is 9.53 Å². The van der Waals surface area contributed by atoms with E-state index in [2.05, 4.69) is 5.32 Å². The highest BCUT2D eigenvalue weighted by molar-refractivity contribution is 5.98. The van der Waals surface area contributed by atoms with Crippen LogP contribution in [0.5, 0.6) is 0 Å². The average molecular weight is 427 g/mol. The number of likely N-dealkylation sites (tertiary alicyclic amines) is 1. The average Bonchev–Trinajstić information content (AvgIpc) is 2.81. The summed E-state index contributed by atoms with van der Waals surface area (Å²) in [6.45, 7) is 1.15. The lowest BCUT2D eigenvalue weighted by Crippen LogP contribution is -2.40. The van der Waals surface area contributed by atoms with Crippen LogP contribution >= 0.6 is 0 Å². The molecular formula is C22H25N3O6. The van der Waals surface area contributed by atoms with E-state index in [1.165, 1.54) is 12.1 Å². The normalized spacial score (nSPS) is 14.5. The molecular weight excluding hydrogens is 402 g/mol. The number of anilines is 1. The summed E-state index contributed by atoms with van der Waals surface area (Å²) in [5.41, 5.74) is 0.457. The molecule has 0 aliphatic carbocycles. The zero-order valence-corrected chi connectivity index (χ0v) is 17.0. The SMILES string of the molecule is O=C(OC(C(=O)N1CCCCC1)c1ccccc1)c1cc([N+](=O)[O-])ccc1NCCO. The Bertz CT molecular complexity index is 928. The molecule has 1 heterocycles. The minimum absolute atomic E-state index is 0.0741. The second-order valence-corrected chi connectivity index (χ2v) is 7.22. The first kappa shape index (κ1) is 22.2. The molecule has 0 radical (unpaired) electrons. The zero-order valence-electron chi connectivity index (χ0n) is 17.0. The molecule has 0 aromatic heterocycles. The number of nitro groups is 1. The number of benzene rings is 2. The van der Waals surface area contributed by atoms with Crippen LogP contribution in [0.15, 0.2) is 48.5 Å². The van der Waals surface area contributed by atoms with Crippen molar-refractivity contribution >= 4 is 23.3 Å². The van der Waals surface area contributed by atoms with Crippen molar-refractivity contribution in [2.45, 2.75) is 25.4 Å². The number of ether oxygens (including phenoxy) is 1. The van der Waals surface area contributed by atoms with E-state index < -0.39 is 17.0 Å². The van der Waals surface area contributed by atoms with Gasteiger partial charge >= 0.3 is 5.97 Å². The molecule has 2 aromatic carbocycles. The Kier molecular flexibility index (Phi) is 7.55. The number of piperidine rings is 1. The molecule has 164 valence electrons. The number of hydrogen-bond donors (Lipinski definition) is 2. The van der Waals surface area contributed by atoms with Crippen LogP contribution < -0.4 is 5.32 Å². The maximum Gasteiger partial charge on any atom is 0.341 e. The molecule has 1 fully saturated rings. The van der Waals surface area contributed by atoms with Gasteiger partial charge in [-0.05, 0) is 25.3 Å². The summed E-state index contributed by atoms with van der Waals surface area (Å²) in [4.78, 5) is 38.5. The van der Waals surface area contributed by atoms with Crippen LogP contribution in [0.4, 0.5) is 11.4 Å². The Labute approximate surface area is 179 Å². The van der Waals surface area contributed by atoms with Crippen molar-refractivity contribution < 1.29 is 24.4 Å². The van der Waals surface area contributed by atoms with E-state index in [9.17, 15) is 19.7 Å². The first-order valence-electron chi connectivity index (χ1n) is 10.2. The van der Waals surface area contributed by atoms with Crippen LogP contribution in [-0.4, -0.2) is 53.0 Å². The maximum atomic E-state index is 13.2. The van der Waals surface area contributed by atoms with Crippen LogP contribution in [0.3, 0.4) is 0 Å². The molecule has 1 saturated heterocycles. The minimum Gasteiger partial charge on any atom is -0.444 e. The van der Waals surface area contributed by atoms with Crippen molar-refractivity contribution in [1.29, 1.82) is 0 Å². The Morgan fingerprint density at radius 1 is 1.13 bits per heavy atom. The quantitative estimate of drug-likeness (QED) is 0.377. The fraction of sp³-hybridized carbons (Fsp3) is 0.364. The summed E-state index contributed by atoms with van der Waals surface area (Å²) in [5.74, 6) is -1.17. The lowest BCUT2D eigenvalue weighted by Gasteiger charge is -2.30. The molecule has 1 unspecified atom stereocenters. The van der Waals surface area contributed by atoms with E-state index in [-0.39, 0.29) is 36.0 Å². The molecule has 9 nitrogen and oxygen atoms in total. The zero-order chi connectivity index (χ0) is 22.2. The van der Waals surface area contributed by atoms with Crippen molar-refractivity contribution in [3.8, 4) is 0 Å². The van der Waals surface area contributed by atoms with Crippen LogP contribution in [0.1, 0.15) is 41.3 Å². The maximum absolute atomic E-state index is 13.2. The number of nitrogens with zero attached hydrogens (tertiary/aromatic N) is 2. The molecule has 2 N–H and O–H groups in total. The Balaban J connectivity index is 1.91. The van der Waals surface area contributed by atoms with Crippen molar-refractivity contribution in [1.82, 2.24) is 4.90 Å². The van der Waals surface area contributed by atoms with E-state index in [1.807, 2.05) is 0 Å². The summed E-state index contributed by atoms with van der Waals surface area (Å²) in [7, 11) is 0. The van der Waals surface area contributed by atoms with Gasteiger partial charge in [0.15, 0.2) is 0 Å². The molecule has 0 saturated carbocycles. The van der Waals surface area contributed by atoms with Gasteiger partial charge in [0.2, 0.25) is 6.10 Å². The number of carbonyl (C=O) groups is 2. The second-order valence-electron chi connectivity index (χ2n) is 7.22. The number of rotatable bonds is 8. The topological polar surface area (TPSA) is 122 Å². The largest absolute Gasteiger partial charge is 0.444 e. The Morgan fingerprint density at radius 2 is 1.84 bits per heavy atom. The molecule has 1 amide bonds. The monoisotopic (exact) mass is 427 g/mol. The highest BCUT2D eigenvalue weighted by Crippen LogP contribution is 2.28. The van der Waals surface area contributed by atoms with Gasteiger partial charge < -0.3 is 20.1 Å². The third kappa shape index (κ3) is 5.58. The molecule has 3 rings (SSSR count). The Morgan fingerprint density at radius 3 is 2.48 bits per heavy atom. The third-order valence-corrected chi connectivity index (χ3v) is 5.08. The fourth-order valence-corrected chi connectivity index (χ4v) is 3.50. The predicted molar refractivity (Wildman–Crippen MR) is 114 cm³/mol. The second kappa shape index (κ2) is 10.5. The third-order valence-electron chi connectivity index (χ3n) is 5.08. The van der Waals surface area contributed by atoms with Crippen LogP contribution in [0.25, 0.3) is 0 Å². The molecule has 1 aliphatic heterocycles. The summed E-state index contributed by atoms with van der Waals surface area (Å²) in [5, 5.41) is 23.1. The highest BCUT2D eigenvalue weighted by atomic mass is 16.6. The minimum atomic E-state index is -1.16. The molecule has 31 heavy (non-hydrogen) atoms. The van der Waals surface area contributed by atoms with Gasteiger partial charge in [-0.25, -0.2) is 4.79 Å². The van der Waals surface area contributed by atoms with E-state index in [4.69, 9.17) is 9.84 Å². The summed E-state index contributed by atoms with van der Waals surface area (Å²) in [6, 6.07) is 12.5. The molecule has 0 bridgehead atoms.